The highest BCUT2D eigenvalue weighted by Crippen LogP contribution is 2.58. The summed E-state index contributed by atoms with van der Waals surface area (Å²) in [6.07, 6.45) is 6.32. The zero-order chi connectivity index (χ0) is 27.6. The monoisotopic (exact) mass is 521 g/mol. The maximum atomic E-state index is 14.8. The summed E-state index contributed by atoms with van der Waals surface area (Å²) in [6, 6.07) is -2.63. The van der Waals surface area contributed by atoms with Crippen molar-refractivity contribution >= 4 is 6.72 Å². The zero-order valence-electron chi connectivity index (χ0n) is 22.3. The number of likely N-dealkylation sites (tertiary alicyclic amines) is 1. The summed E-state index contributed by atoms with van der Waals surface area (Å²) in [5.41, 5.74) is 0.155. The number of alkyl halides is 4. The summed E-state index contributed by atoms with van der Waals surface area (Å²) in [6.45, 7) is 17.1. The van der Waals surface area contributed by atoms with E-state index in [9.17, 15) is 17.6 Å². The Bertz CT molecular complexity index is 1040. The number of aliphatic imine (C=N–C) groups is 1. The van der Waals surface area contributed by atoms with Crippen LogP contribution in [0.4, 0.5) is 17.6 Å². The molecule has 5 nitrogen and oxygen atoms in total. The highest BCUT2D eigenvalue weighted by Gasteiger charge is 2.63. The second-order valence-electron chi connectivity index (χ2n) is 10.9. The predicted octanol–water partition coefficient (Wildman–Crippen LogP) is 5.85. The number of halogens is 4. The number of rotatable bonds is 7. The first-order valence-corrected chi connectivity index (χ1v) is 12.6. The average molecular weight is 522 g/mol. The molecule has 3 aliphatic rings. The molecule has 3 rings (SSSR count). The standard InChI is InChI=1S/C28H39F4N5/c1-18(2)23(9-8-12-33-7)36-25(28(30,31)32)22-13-19(3)15-34-20(4)14-24(35-21(22)5)37-16-27(17-37)11-10-26(27,6)29/h8-9,12-15,18,21,25,34-36H,4,7,10-11,16-17H2,1-3,5-6H3/b12-8-,19-15-,22-13+,23-9+,24-14+. The van der Waals surface area contributed by atoms with Crippen LogP contribution in [0.25, 0.3) is 0 Å². The molecule has 1 spiro atoms. The highest BCUT2D eigenvalue weighted by atomic mass is 19.4. The first-order valence-electron chi connectivity index (χ1n) is 12.6. The summed E-state index contributed by atoms with van der Waals surface area (Å²) >= 11 is 0. The summed E-state index contributed by atoms with van der Waals surface area (Å²) in [5.74, 6) is 0.437. The Morgan fingerprint density at radius 1 is 1.27 bits per heavy atom. The van der Waals surface area contributed by atoms with Gasteiger partial charge in [0.15, 0.2) is 0 Å². The van der Waals surface area contributed by atoms with Crippen LogP contribution in [0.15, 0.2) is 76.6 Å². The third-order valence-corrected chi connectivity index (χ3v) is 7.62. The molecule has 3 atom stereocenters. The van der Waals surface area contributed by atoms with Crippen molar-refractivity contribution in [2.45, 2.75) is 71.4 Å². The van der Waals surface area contributed by atoms with E-state index >= 15 is 0 Å². The van der Waals surface area contributed by atoms with Crippen molar-refractivity contribution in [2.24, 2.45) is 16.3 Å². The van der Waals surface area contributed by atoms with Crippen LogP contribution in [0.5, 0.6) is 0 Å². The van der Waals surface area contributed by atoms with Crippen molar-refractivity contribution in [3.63, 3.8) is 0 Å². The molecule has 204 valence electrons. The number of hydrogen-bond acceptors (Lipinski definition) is 5. The third kappa shape index (κ3) is 6.30. The lowest BCUT2D eigenvalue weighted by Gasteiger charge is -2.63. The van der Waals surface area contributed by atoms with E-state index in [1.165, 1.54) is 6.20 Å². The molecule has 0 radical (unpaired) electrons. The van der Waals surface area contributed by atoms with Crippen molar-refractivity contribution in [3.05, 3.63) is 71.6 Å². The van der Waals surface area contributed by atoms with Gasteiger partial charge in [0.2, 0.25) is 0 Å². The van der Waals surface area contributed by atoms with Gasteiger partial charge in [-0.2, -0.15) is 13.2 Å². The van der Waals surface area contributed by atoms with Crippen molar-refractivity contribution in [2.75, 3.05) is 13.1 Å². The molecule has 0 aromatic rings. The van der Waals surface area contributed by atoms with Gasteiger partial charge in [0.05, 0.1) is 0 Å². The fourth-order valence-corrected chi connectivity index (χ4v) is 5.01. The molecule has 9 heteroatoms. The summed E-state index contributed by atoms with van der Waals surface area (Å²) in [7, 11) is 0. The Balaban J connectivity index is 1.94. The van der Waals surface area contributed by atoms with Crippen LogP contribution in [0.1, 0.15) is 47.5 Å². The number of hydrogen-bond donors (Lipinski definition) is 3. The van der Waals surface area contributed by atoms with Crippen LogP contribution in [-0.2, 0) is 0 Å². The van der Waals surface area contributed by atoms with Gasteiger partial charge < -0.3 is 20.9 Å². The zero-order valence-corrected chi connectivity index (χ0v) is 22.3. The minimum absolute atomic E-state index is 0.132. The SMILES string of the molecule is C=N/C=C\C=C(\NC(/C1=C/C(C)=C\NC(=C)/C=C(/N2CC3(CCC3(C)F)C2)NC1C)C(F)(F)F)C(C)C. The first-order chi connectivity index (χ1) is 17.2. The first kappa shape index (κ1) is 28.6. The Morgan fingerprint density at radius 3 is 2.46 bits per heavy atom. The minimum atomic E-state index is -4.57. The second kappa shape index (κ2) is 10.8. The van der Waals surface area contributed by atoms with E-state index in [1.54, 1.807) is 51.3 Å². The quantitative estimate of drug-likeness (QED) is 0.223. The number of nitrogens with one attached hydrogen (secondary N) is 3. The average Bonchev–Trinajstić information content (AvgIpc) is 2.75. The fraction of sp³-hybridized carbons (Fsp3) is 0.536. The molecule has 0 aromatic heterocycles. The van der Waals surface area contributed by atoms with Gasteiger partial charge in [-0.1, -0.05) is 26.5 Å². The van der Waals surface area contributed by atoms with Gasteiger partial charge in [0.1, 0.15) is 17.5 Å². The fourth-order valence-electron chi connectivity index (χ4n) is 5.01. The van der Waals surface area contributed by atoms with Gasteiger partial charge in [-0.3, -0.25) is 4.99 Å². The molecule has 0 amide bonds. The van der Waals surface area contributed by atoms with E-state index < -0.39 is 29.3 Å². The van der Waals surface area contributed by atoms with Crippen LogP contribution in [0.3, 0.4) is 0 Å². The van der Waals surface area contributed by atoms with Gasteiger partial charge in [0.25, 0.3) is 0 Å². The van der Waals surface area contributed by atoms with E-state index in [1.807, 2.05) is 18.7 Å². The van der Waals surface area contributed by atoms with Gasteiger partial charge in [0, 0.05) is 54.4 Å². The van der Waals surface area contributed by atoms with Gasteiger partial charge in [-0.15, -0.1) is 0 Å². The van der Waals surface area contributed by atoms with Crippen molar-refractivity contribution in [1.29, 1.82) is 0 Å². The lowest BCUT2D eigenvalue weighted by molar-refractivity contribution is -0.173. The lowest BCUT2D eigenvalue weighted by atomic mass is 9.54. The van der Waals surface area contributed by atoms with Crippen LogP contribution in [0, 0.1) is 11.3 Å². The molecule has 0 bridgehead atoms. The molecule has 1 aliphatic carbocycles. The van der Waals surface area contributed by atoms with Gasteiger partial charge in [-0.25, -0.2) is 4.39 Å². The van der Waals surface area contributed by atoms with Crippen molar-refractivity contribution in [1.82, 2.24) is 20.9 Å². The van der Waals surface area contributed by atoms with Gasteiger partial charge in [-0.05, 0) is 69.5 Å². The smallest absolute Gasteiger partial charge is 0.374 e. The van der Waals surface area contributed by atoms with Crippen LogP contribution < -0.4 is 16.0 Å². The predicted molar refractivity (Wildman–Crippen MR) is 142 cm³/mol. The molecule has 1 saturated heterocycles. The minimum Gasteiger partial charge on any atom is -0.374 e. The molecule has 3 N–H and O–H groups in total. The molecule has 2 aliphatic heterocycles. The van der Waals surface area contributed by atoms with Crippen molar-refractivity contribution in [3.8, 4) is 0 Å². The molecule has 1 saturated carbocycles. The highest BCUT2D eigenvalue weighted by molar-refractivity contribution is 5.35. The summed E-state index contributed by atoms with van der Waals surface area (Å²) in [4.78, 5) is 5.61. The van der Waals surface area contributed by atoms with Crippen LogP contribution in [-0.4, -0.2) is 48.6 Å². The maximum Gasteiger partial charge on any atom is 0.412 e. The Morgan fingerprint density at radius 2 is 1.95 bits per heavy atom. The third-order valence-electron chi connectivity index (χ3n) is 7.62. The van der Waals surface area contributed by atoms with Gasteiger partial charge >= 0.3 is 6.18 Å². The summed E-state index contributed by atoms with van der Waals surface area (Å²) < 4.78 is 58.5. The lowest BCUT2D eigenvalue weighted by Crippen LogP contribution is -2.70. The molecule has 37 heavy (non-hydrogen) atoms. The van der Waals surface area contributed by atoms with Crippen molar-refractivity contribution < 1.29 is 17.6 Å². The van der Waals surface area contributed by atoms with Crippen LogP contribution >= 0.6 is 0 Å². The number of allylic oxidation sites excluding steroid dienone is 6. The molecule has 2 fully saturated rings. The summed E-state index contributed by atoms with van der Waals surface area (Å²) in [5, 5.41) is 9.08. The second-order valence-corrected chi connectivity index (χ2v) is 10.9. The molecule has 2 heterocycles. The number of nitrogens with zero attached hydrogens (tertiary/aromatic N) is 2. The Kier molecular flexibility index (Phi) is 8.34. The van der Waals surface area contributed by atoms with E-state index in [0.717, 1.165) is 6.42 Å². The van der Waals surface area contributed by atoms with E-state index in [2.05, 4.69) is 34.2 Å². The van der Waals surface area contributed by atoms with Crippen LogP contribution in [0.2, 0.25) is 0 Å². The van der Waals surface area contributed by atoms with E-state index in [4.69, 9.17) is 0 Å². The largest absolute Gasteiger partial charge is 0.412 e. The normalized spacial score (nSPS) is 31.6. The van der Waals surface area contributed by atoms with E-state index in [0.29, 0.717) is 42.3 Å². The van der Waals surface area contributed by atoms with E-state index in [-0.39, 0.29) is 11.5 Å². The Labute approximate surface area is 217 Å². The molecule has 0 aromatic carbocycles. The molecular formula is C28H39F4N5. The molecular weight excluding hydrogens is 482 g/mol. The molecule has 3 unspecified atom stereocenters. The maximum absolute atomic E-state index is 14.8. The Hall–Kier alpha value is -2.97. The topological polar surface area (TPSA) is 51.7 Å².